The second-order valence-electron chi connectivity index (χ2n) is 8.93. The number of anilines is 1. The van der Waals surface area contributed by atoms with Crippen LogP contribution < -0.4 is 20.1 Å². The minimum absolute atomic E-state index is 0.0222. The summed E-state index contributed by atoms with van der Waals surface area (Å²) in [6, 6.07) is 10.2. The Balaban J connectivity index is 1.57. The van der Waals surface area contributed by atoms with E-state index in [9.17, 15) is 15.3 Å². The number of ether oxygens (including phenoxy) is 2. The molecule has 3 heterocycles. The molecule has 0 fully saturated rings. The van der Waals surface area contributed by atoms with Crippen molar-refractivity contribution in [1.29, 1.82) is 10.5 Å². The van der Waals surface area contributed by atoms with Crippen LogP contribution in [0, 0.1) is 22.7 Å². The van der Waals surface area contributed by atoms with Crippen LogP contribution in [-0.2, 0) is 17.6 Å². The number of Topliss-reactive ketones (excluding diaryl/α,β-unsaturated/α-hetero) is 1. The van der Waals surface area contributed by atoms with Gasteiger partial charge in [-0.1, -0.05) is 6.07 Å². The van der Waals surface area contributed by atoms with Crippen LogP contribution in [0.5, 0.6) is 11.5 Å². The van der Waals surface area contributed by atoms with Crippen molar-refractivity contribution in [3.8, 4) is 23.6 Å². The van der Waals surface area contributed by atoms with Gasteiger partial charge in [0.05, 0.1) is 23.1 Å². The molecule has 7 nitrogen and oxygen atoms in total. The number of carbonyl (C=O) groups excluding carboxylic acids is 1. The Morgan fingerprint density at radius 1 is 1.03 bits per heavy atom. The molecule has 0 radical (unpaired) electrons. The van der Waals surface area contributed by atoms with Gasteiger partial charge in [0.1, 0.15) is 16.9 Å². The summed E-state index contributed by atoms with van der Waals surface area (Å²) < 4.78 is 11.0. The van der Waals surface area contributed by atoms with Gasteiger partial charge < -0.3 is 15.2 Å². The minimum Gasteiger partial charge on any atom is -0.454 e. The monoisotopic (exact) mass is 470 g/mol. The first-order valence-electron chi connectivity index (χ1n) is 11.5. The number of nitrogens with zero attached hydrogens (tertiary/aromatic N) is 3. The average molecular weight is 471 g/mol. The summed E-state index contributed by atoms with van der Waals surface area (Å²) in [6.45, 7) is 0.146. The Bertz CT molecular complexity index is 1390. The molecule has 0 saturated carbocycles. The lowest BCUT2D eigenvalue weighted by Crippen LogP contribution is -2.38. The summed E-state index contributed by atoms with van der Waals surface area (Å²) in [6.07, 6.45) is 5.79. The summed E-state index contributed by atoms with van der Waals surface area (Å²) in [5.41, 5.74) is 11.0. The molecule has 0 amide bonds. The molecular formula is C26H22N4O3S. The normalized spacial score (nSPS) is 21.2. The zero-order valence-electron chi connectivity index (χ0n) is 18.5. The highest BCUT2D eigenvalue weighted by Crippen LogP contribution is 2.51. The number of carbonyl (C=O) groups is 1. The summed E-state index contributed by atoms with van der Waals surface area (Å²) in [5.74, 6) is 0.990. The first-order valence-corrected chi connectivity index (χ1v) is 12.3. The number of fused-ring (bicyclic) bond motifs is 2. The summed E-state index contributed by atoms with van der Waals surface area (Å²) >= 11 is 1.58. The molecule has 2 aliphatic carbocycles. The molecule has 1 aromatic carbocycles. The lowest BCUT2D eigenvalue weighted by atomic mass is 9.75. The number of nitrogens with two attached hydrogens (primary N) is 1. The number of hydrogen-bond donors (Lipinski definition) is 1. The van der Waals surface area contributed by atoms with Crippen molar-refractivity contribution in [2.45, 2.75) is 50.9 Å². The number of benzene rings is 1. The number of hydrogen-bond acceptors (Lipinski definition) is 8. The van der Waals surface area contributed by atoms with E-state index in [0.29, 0.717) is 53.3 Å². The number of aryl methyl sites for hydroxylation is 1. The van der Waals surface area contributed by atoms with E-state index in [0.717, 1.165) is 47.5 Å². The van der Waals surface area contributed by atoms with Gasteiger partial charge in [-0.2, -0.15) is 10.5 Å². The zero-order chi connectivity index (χ0) is 23.4. The van der Waals surface area contributed by atoms with Crippen LogP contribution in [0.1, 0.15) is 59.6 Å². The van der Waals surface area contributed by atoms with Gasteiger partial charge in [-0.05, 0) is 61.8 Å². The molecule has 0 saturated heterocycles. The predicted octanol–water partition coefficient (Wildman–Crippen LogP) is 4.53. The van der Waals surface area contributed by atoms with Gasteiger partial charge >= 0.3 is 0 Å². The number of nitriles is 2. The van der Waals surface area contributed by atoms with Gasteiger partial charge in [-0.15, -0.1) is 11.3 Å². The Morgan fingerprint density at radius 2 is 1.85 bits per heavy atom. The Labute approximate surface area is 201 Å². The standard InChI is InChI=1S/C26H22N4O3S/c27-11-16-15-4-1-2-7-22(15)34-26(16)30-18-5-3-6-19(31)24(18)23(17(12-28)25(30)29)14-8-9-20-21(10-14)33-13-32-20/h8-10,23H,1-7,13,29H2/t23-/m0/s1. The third kappa shape index (κ3) is 2.96. The molecule has 0 spiro atoms. The first-order chi connectivity index (χ1) is 16.6. The number of ketones is 1. The molecule has 4 aliphatic rings. The quantitative estimate of drug-likeness (QED) is 0.686. The second-order valence-corrected chi connectivity index (χ2v) is 10.0. The van der Waals surface area contributed by atoms with Crippen molar-refractivity contribution < 1.29 is 14.3 Å². The first kappa shape index (κ1) is 20.8. The van der Waals surface area contributed by atoms with Crippen molar-refractivity contribution in [2.75, 3.05) is 11.7 Å². The Hall–Kier alpha value is -3.75. The van der Waals surface area contributed by atoms with E-state index in [1.54, 1.807) is 11.3 Å². The van der Waals surface area contributed by atoms with E-state index in [1.165, 1.54) is 4.88 Å². The van der Waals surface area contributed by atoms with Gasteiger partial charge in [-0.25, -0.2) is 0 Å². The maximum absolute atomic E-state index is 13.4. The molecule has 0 bridgehead atoms. The maximum Gasteiger partial charge on any atom is 0.231 e. The van der Waals surface area contributed by atoms with Gasteiger partial charge in [0, 0.05) is 22.6 Å². The highest BCUT2D eigenvalue weighted by molar-refractivity contribution is 7.16. The van der Waals surface area contributed by atoms with Crippen molar-refractivity contribution >= 4 is 22.1 Å². The van der Waals surface area contributed by atoms with Gasteiger partial charge in [0.15, 0.2) is 17.3 Å². The zero-order valence-corrected chi connectivity index (χ0v) is 19.3. The van der Waals surface area contributed by atoms with E-state index in [4.69, 9.17) is 15.2 Å². The maximum atomic E-state index is 13.4. The van der Waals surface area contributed by atoms with Crippen LogP contribution in [0.3, 0.4) is 0 Å². The molecule has 2 aromatic rings. The molecule has 1 aromatic heterocycles. The second kappa shape index (κ2) is 7.93. The fourth-order valence-corrected chi connectivity index (χ4v) is 6.95. The van der Waals surface area contributed by atoms with Crippen LogP contribution >= 0.6 is 11.3 Å². The van der Waals surface area contributed by atoms with Crippen molar-refractivity contribution in [1.82, 2.24) is 0 Å². The third-order valence-electron chi connectivity index (χ3n) is 7.11. The van der Waals surface area contributed by atoms with E-state index < -0.39 is 5.92 Å². The number of rotatable bonds is 2. The largest absolute Gasteiger partial charge is 0.454 e. The van der Waals surface area contributed by atoms with E-state index in [-0.39, 0.29) is 12.6 Å². The molecule has 2 N–H and O–H groups in total. The molecular weight excluding hydrogens is 448 g/mol. The Morgan fingerprint density at radius 3 is 2.68 bits per heavy atom. The van der Waals surface area contributed by atoms with E-state index in [2.05, 4.69) is 12.1 Å². The predicted molar refractivity (Wildman–Crippen MR) is 126 cm³/mol. The van der Waals surface area contributed by atoms with Crippen molar-refractivity contribution in [2.24, 2.45) is 5.73 Å². The van der Waals surface area contributed by atoms with Crippen LogP contribution in [-0.4, -0.2) is 12.6 Å². The smallest absolute Gasteiger partial charge is 0.231 e. The topological polar surface area (TPSA) is 112 Å². The van der Waals surface area contributed by atoms with Crippen molar-refractivity contribution in [3.05, 3.63) is 62.4 Å². The fraction of sp³-hybridized carbons (Fsp3) is 0.346. The van der Waals surface area contributed by atoms with E-state index >= 15 is 0 Å². The van der Waals surface area contributed by atoms with Crippen LogP contribution in [0.2, 0.25) is 0 Å². The van der Waals surface area contributed by atoms with Gasteiger partial charge in [0.25, 0.3) is 0 Å². The lowest BCUT2D eigenvalue weighted by Gasteiger charge is -2.39. The summed E-state index contributed by atoms with van der Waals surface area (Å²) in [4.78, 5) is 16.4. The average Bonchev–Trinajstić information content (AvgIpc) is 3.47. The fourth-order valence-electron chi connectivity index (χ4n) is 5.57. The van der Waals surface area contributed by atoms with E-state index in [1.807, 2.05) is 23.1 Å². The molecule has 0 unspecified atom stereocenters. The molecule has 2 aliphatic heterocycles. The van der Waals surface area contributed by atoms with Crippen LogP contribution in [0.4, 0.5) is 5.00 Å². The lowest BCUT2D eigenvalue weighted by molar-refractivity contribution is -0.116. The summed E-state index contributed by atoms with van der Waals surface area (Å²) in [7, 11) is 0. The minimum atomic E-state index is -0.571. The highest BCUT2D eigenvalue weighted by atomic mass is 32.1. The van der Waals surface area contributed by atoms with Crippen LogP contribution in [0.25, 0.3) is 0 Å². The third-order valence-corrected chi connectivity index (χ3v) is 8.39. The van der Waals surface area contributed by atoms with Gasteiger partial charge in [0.2, 0.25) is 6.79 Å². The van der Waals surface area contributed by atoms with Crippen LogP contribution in [0.15, 0.2) is 40.9 Å². The molecule has 8 heteroatoms. The number of thiophene rings is 1. The number of allylic oxidation sites excluding steroid dienone is 3. The van der Waals surface area contributed by atoms with Gasteiger partial charge in [-0.3, -0.25) is 9.69 Å². The van der Waals surface area contributed by atoms with Crippen molar-refractivity contribution in [3.63, 3.8) is 0 Å². The molecule has 170 valence electrons. The molecule has 1 atom stereocenters. The molecule has 34 heavy (non-hydrogen) atoms. The highest BCUT2D eigenvalue weighted by Gasteiger charge is 2.42. The SMILES string of the molecule is N#CC1=C(N)N(c2sc3c(c2C#N)CCCC3)C2=C(C(=O)CCC2)[C@H]1c1ccc2c(c1)OCO2. The summed E-state index contributed by atoms with van der Waals surface area (Å²) in [5, 5.41) is 21.1. The molecule has 6 rings (SSSR count). The Kier molecular flexibility index (Phi) is 4.86.